The zero-order valence-corrected chi connectivity index (χ0v) is 12.8. The number of likely N-dealkylation sites (tertiary alicyclic amines) is 1. The van der Waals surface area contributed by atoms with Crippen LogP contribution in [0.2, 0.25) is 0 Å². The second kappa shape index (κ2) is 6.32. The summed E-state index contributed by atoms with van der Waals surface area (Å²) >= 11 is 1.24. The second-order valence-corrected chi connectivity index (χ2v) is 7.99. The summed E-state index contributed by atoms with van der Waals surface area (Å²) in [7, 11) is -3.37. The zero-order valence-electron chi connectivity index (χ0n) is 11.1. The topological polar surface area (TPSA) is 75.4 Å². The van der Waals surface area contributed by atoms with E-state index in [9.17, 15) is 8.42 Å². The van der Waals surface area contributed by atoms with Crippen LogP contribution in [0.5, 0.6) is 0 Å². The van der Waals surface area contributed by atoms with Crippen LogP contribution in [-0.4, -0.2) is 39.5 Å². The third-order valence-electron chi connectivity index (χ3n) is 3.48. The maximum atomic E-state index is 12.1. The molecule has 5 nitrogen and oxygen atoms in total. The van der Waals surface area contributed by atoms with Gasteiger partial charge in [0.2, 0.25) is 10.0 Å². The molecule has 3 N–H and O–H groups in total. The molecule has 0 spiro atoms. The fourth-order valence-corrected chi connectivity index (χ4v) is 4.67. The Morgan fingerprint density at radius 1 is 1.53 bits per heavy atom. The van der Waals surface area contributed by atoms with E-state index in [4.69, 9.17) is 5.73 Å². The van der Waals surface area contributed by atoms with Gasteiger partial charge in [-0.3, -0.25) is 0 Å². The predicted octanol–water partition coefficient (Wildman–Crippen LogP) is 0.827. The van der Waals surface area contributed by atoms with E-state index in [0.717, 1.165) is 30.9 Å². The van der Waals surface area contributed by atoms with Crippen molar-refractivity contribution >= 4 is 21.4 Å². The van der Waals surface area contributed by atoms with Crippen molar-refractivity contribution < 1.29 is 8.42 Å². The molecule has 0 aliphatic carbocycles. The first kappa shape index (κ1) is 14.9. The first-order valence-corrected chi connectivity index (χ1v) is 8.86. The maximum absolute atomic E-state index is 12.1. The zero-order chi connectivity index (χ0) is 13.9. The fraction of sp³-hybridized carbons (Fsp3) is 0.667. The molecule has 1 atom stereocenters. The average Bonchev–Trinajstić information content (AvgIpc) is 3.05. The average molecular weight is 303 g/mol. The summed E-state index contributed by atoms with van der Waals surface area (Å²) in [6, 6.07) is 3.40. The van der Waals surface area contributed by atoms with Gasteiger partial charge in [0.05, 0.1) is 0 Å². The summed E-state index contributed by atoms with van der Waals surface area (Å²) in [6.45, 7) is 6.13. The molecule has 1 aliphatic heterocycles. The number of nitrogens with one attached hydrogen (secondary N) is 1. The van der Waals surface area contributed by atoms with Crippen LogP contribution in [0.15, 0.2) is 16.3 Å². The Morgan fingerprint density at radius 3 is 2.89 bits per heavy atom. The van der Waals surface area contributed by atoms with E-state index >= 15 is 0 Å². The highest BCUT2D eigenvalue weighted by Crippen LogP contribution is 2.22. The van der Waals surface area contributed by atoms with Crippen LogP contribution in [0.1, 0.15) is 18.2 Å². The van der Waals surface area contributed by atoms with Gasteiger partial charge in [0.15, 0.2) is 0 Å². The summed E-state index contributed by atoms with van der Waals surface area (Å²) in [5.74, 6) is 0.420. The van der Waals surface area contributed by atoms with Crippen LogP contribution in [0.3, 0.4) is 0 Å². The Balaban J connectivity index is 1.91. The molecule has 108 valence electrons. The highest BCUT2D eigenvalue weighted by molar-refractivity contribution is 7.91. The van der Waals surface area contributed by atoms with Crippen molar-refractivity contribution in [1.29, 1.82) is 0 Å². The monoisotopic (exact) mass is 303 g/mol. The van der Waals surface area contributed by atoms with Crippen molar-refractivity contribution in [3.05, 3.63) is 17.0 Å². The van der Waals surface area contributed by atoms with Gasteiger partial charge in [0.1, 0.15) is 4.21 Å². The number of thiophene rings is 1. The number of rotatable bonds is 6. The molecule has 1 aromatic heterocycles. The quantitative estimate of drug-likeness (QED) is 0.816. The number of nitrogens with two attached hydrogens (primary N) is 1. The summed E-state index contributed by atoms with van der Waals surface area (Å²) in [5, 5.41) is 0. The first-order valence-electron chi connectivity index (χ1n) is 6.56. The number of hydrogen-bond donors (Lipinski definition) is 2. The van der Waals surface area contributed by atoms with Crippen LogP contribution in [0, 0.1) is 5.92 Å². The molecule has 0 bridgehead atoms. The highest BCUT2D eigenvalue weighted by atomic mass is 32.2. The molecule has 0 saturated carbocycles. The molecule has 1 unspecified atom stereocenters. The van der Waals surface area contributed by atoms with Crippen LogP contribution >= 0.6 is 11.3 Å². The molecular weight excluding hydrogens is 282 g/mol. The van der Waals surface area contributed by atoms with Crippen LogP contribution < -0.4 is 10.5 Å². The van der Waals surface area contributed by atoms with E-state index in [1.807, 2.05) is 0 Å². The summed E-state index contributed by atoms with van der Waals surface area (Å²) in [4.78, 5) is 3.23. The molecule has 7 heteroatoms. The van der Waals surface area contributed by atoms with Gasteiger partial charge >= 0.3 is 0 Å². The van der Waals surface area contributed by atoms with Crippen molar-refractivity contribution in [2.75, 3.05) is 26.2 Å². The van der Waals surface area contributed by atoms with Gasteiger partial charge in [0.25, 0.3) is 0 Å². The lowest BCUT2D eigenvalue weighted by Gasteiger charge is -2.13. The molecule has 1 aromatic rings. The Labute approximate surface area is 118 Å². The van der Waals surface area contributed by atoms with Crippen molar-refractivity contribution in [3.63, 3.8) is 0 Å². The minimum Gasteiger partial charge on any atom is -0.326 e. The smallest absolute Gasteiger partial charge is 0.250 e. The van der Waals surface area contributed by atoms with Crippen molar-refractivity contribution in [1.82, 2.24) is 9.62 Å². The van der Waals surface area contributed by atoms with E-state index in [1.165, 1.54) is 11.3 Å². The standard InChI is InChI=1S/C12H21N3O2S2/c1-2-15-6-5-10(9-15)8-14-19(16,17)12-4-3-11(7-13)18-12/h3-4,10,14H,2,5-9,13H2,1H3. The molecule has 2 heterocycles. The molecule has 1 aliphatic rings. The van der Waals surface area contributed by atoms with Gasteiger partial charge in [-0.1, -0.05) is 6.92 Å². The Morgan fingerprint density at radius 2 is 2.32 bits per heavy atom. The maximum Gasteiger partial charge on any atom is 0.250 e. The van der Waals surface area contributed by atoms with Crippen LogP contribution in [-0.2, 0) is 16.6 Å². The molecule has 0 radical (unpaired) electrons. The van der Waals surface area contributed by atoms with Crippen molar-refractivity contribution in [2.24, 2.45) is 11.7 Å². The summed E-state index contributed by atoms with van der Waals surface area (Å²) in [5.41, 5.74) is 5.50. The predicted molar refractivity (Wildman–Crippen MR) is 77.6 cm³/mol. The molecule has 0 amide bonds. The van der Waals surface area contributed by atoms with E-state index in [2.05, 4.69) is 16.5 Å². The third-order valence-corrected chi connectivity index (χ3v) is 6.51. The van der Waals surface area contributed by atoms with Crippen LogP contribution in [0.4, 0.5) is 0 Å². The SMILES string of the molecule is CCN1CCC(CNS(=O)(=O)c2ccc(CN)s2)C1. The minimum absolute atomic E-state index is 0.360. The molecule has 19 heavy (non-hydrogen) atoms. The minimum atomic E-state index is -3.37. The Bertz CT molecular complexity index is 513. The molecular formula is C12H21N3O2S2. The van der Waals surface area contributed by atoms with Gasteiger partial charge in [-0.2, -0.15) is 0 Å². The van der Waals surface area contributed by atoms with Gasteiger partial charge in [-0.25, -0.2) is 13.1 Å². The van der Waals surface area contributed by atoms with Crippen LogP contribution in [0.25, 0.3) is 0 Å². The third kappa shape index (κ3) is 3.76. The molecule has 0 aromatic carbocycles. The lowest BCUT2D eigenvalue weighted by molar-refractivity contribution is 0.342. The number of hydrogen-bond acceptors (Lipinski definition) is 5. The van der Waals surface area contributed by atoms with E-state index in [0.29, 0.717) is 23.2 Å². The Kier molecular flexibility index (Phi) is 4.97. The fourth-order valence-electron chi connectivity index (χ4n) is 2.28. The molecule has 1 saturated heterocycles. The lowest BCUT2D eigenvalue weighted by atomic mass is 10.1. The number of sulfonamides is 1. The van der Waals surface area contributed by atoms with Gasteiger partial charge in [-0.15, -0.1) is 11.3 Å². The van der Waals surface area contributed by atoms with E-state index < -0.39 is 10.0 Å². The van der Waals surface area contributed by atoms with Crippen molar-refractivity contribution in [3.8, 4) is 0 Å². The second-order valence-electron chi connectivity index (χ2n) is 4.82. The Hall–Kier alpha value is -0.470. The van der Waals surface area contributed by atoms with Crippen molar-refractivity contribution in [2.45, 2.75) is 24.1 Å². The number of nitrogens with zero attached hydrogens (tertiary/aromatic N) is 1. The van der Waals surface area contributed by atoms with E-state index in [1.54, 1.807) is 12.1 Å². The molecule has 1 fully saturated rings. The summed E-state index contributed by atoms with van der Waals surface area (Å²) < 4.78 is 27.3. The largest absolute Gasteiger partial charge is 0.326 e. The molecule has 2 rings (SSSR count). The highest BCUT2D eigenvalue weighted by Gasteiger charge is 2.24. The van der Waals surface area contributed by atoms with E-state index in [-0.39, 0.29) is 0 Å². The normalized spacial score (nSPS) is 21.1. The van der Waals surface area contributed by atoms with Gasteiger partial charge < -0.3 is 10.6 Å². The van der Waals surface area contributed by atoms with Gasteiger partial charge in [0, 0.05) is 24.5 Å². The lowest BCUT2D eigenvalue weighted by Crippen LogP contribution is -2.30. The summed E-state index contributed by atoms with van der Waals surface area (Å²) in [6.07, 6.45) is 1.06. The van der Waals surface area contributed by atoms with Gasteiger partial charge in [-0.05, 0) is 37.6 Å². The first-order chi connectivity index (χ1) is 9.05.